The fourth-order valence-electron chi connectivity index (χ4n) is 5.56. The Morgan fingerprint density at radius 2 is 1.79 bits per heavy atom. The topological polar surface area (TPSA) is 76.4 Å². The second-order valence-corrected chi connectivity index (χ2v) is 10.4. The van der Waals surface area contributed by atoms with Gasteiger partial charge in [-0.15, -0.1) is 0 Å². The predicted molar refractivity (Wildman–Crippen MR) is 135 cm³/mol. The number of benzene rings is 2. The highest BCUT2D eigenvalue weighted by molar-refractivity contribution is 6.08. The molecule has 2 aliphatic rings. The van der Waals surface area contributed by atoms with Crippen molar-refractivity contribution in [3.63, 3.8) is 0 Å². The number of alkyl halides is 4. The van der Waals surface area contributed by atoms with Crippen LogP contribution in [0.5, 0.6) is 0 Å². The van der Waals surface area contributed by atoms with E-state index in [1.165, 1.54) is 6.07 Å². The first-order valence-corrected chi connectivity index (χ1v) is 12.5. The summed E-state index contributed by atoms with van der Waals surface area (Å²) < 4.78 is 54.2. The summed E-state index contributed by atoms with van der Waals surface area (Å²) in [5.41, 5.74) is -0.384. The van der Waals surface area contributed by atoms with E-state index in [1.54, 1.807) is 17.9 Å². The minimum Gasteiger partial charge on any atom is -0.325 e. The second kappa shape index (κ2) is 10.4. The summed E-state index contributed by atoms with van der Waals surface area (Å²) in [6, 6.07) is 10.0. The Hall–Kier alpha value is -3.45. The molecule has 202 valence electrons. The van der Waals surface area contributed by atoms with E-state index < -0.39 is 35.2 Å². The third kappa shape index (κ3) is 5.25. The molecular weight excluding hydrogens is 500 g/mol. The summed E-state index contributed by atoms with van der Waals surface area (Å²) in [5, 5.41) is 11.8. The molecule has 2 aromatic rings. The Bertz CT molecular complexity index is 1260. The average molecular weight is 531 g/mol. The lowest BCUT2D eigenvalue weighted by atomic mass is 9.76. The van der Waals surface area contributed by atoms with Gasteiger partial charge in [0.2, 0.25) is 11.8 Å². The van der Waals surface area contributed by atoms with Gasteiger partial charge in [-0.1, -0.05) is 25.1 Å². The SMILES string of the molecule is Cc1cccc(C)c1N1C[C@@](CN2CCC(F)CC2)(C(=O)Nc2cc(C#N)cc(C(F)(F)F)c2)[C@H](C)C1=O. The molecule has 2 heterocycles. The lowest BCUT2D eigenvalue weighted by Crippen LogP contribution is -2.52. The Kier molecular flexibility index (Phi) is 7.53. The lowest BCUT2D eigenvalue weighted by Gasteiger charge is -2.38. The van der Waals surface area contributed by atoms with E-state index >= 15 is 0 Å². The van der Waals surface area contributed by atoms with Crippen molar-refractivity contribution >= 4 is 23.2 Å². The molecule has 2 aliphatic heterocycles. The minimum absolute atomic E-state index is 0.0180. The van der Waals surface area contributed by atoms with Crippen molar-refractivity contribution in [1.82, 2.24) is 4.90 Å². The van der Waals surface area contributed by atoms with E-state index in [0.29, 0.717) is 31.6 Å². The quantitative estimate of drug-likeness (QED) is 0.537. The van der Waals surface area contributed by atoms with Crippen molar-refractivity contribution in [2.45, 2.75) is 46.0 Å². The summed E-state index contributed by atoms with van der Waals surface area (Å²) in [7, 11) is 0. The van der Waals surface area contributed by atoms with Gasteiger partial charge >= 0.3 is 6.18 Å². The standard InChI is InChI=1S/C28H30F4N4O2/c1-17-5-4-6-18(2)24(17)36-16-27(19(3)25(36)37,15-35-9-7-22(29)8-10-35)26(38)34-23-12-20(14-33)11-21(13-23)28(30,31)32/h4-6,11-13,19,22H,7-10,15-16H2,1-3H3,(H,34,38)/t19-,27-/m1/s1. The Balaban J connectivity index is 1.74. The number of nitriles is 1. The molecule has 0 saturated carbocycles. The second-order valence-electron chi connectivity index (χ2n) is 10.4. The molecule has 0 spiro atoms. The molecule has 0 unspecified atom stereocenters. The van der Waals surface area contributed by atoms with Crippen molar-refractivity contribution < 1.29 is 27.2 Å². The summed E-state index contributed by atoms with van der Waals surface area (Å²) >= 11 is 0. The highest BCUT2D eigenvalue weighted by atomic mass is 19.4. The van der Waals surface area contributed by atoms with E-state index in [0.717, 1.165) is 23.3 Å². The molecule has 2 fully saturated rings. The van der Waals surface area contributed by atoms with Crippen LogP contribution in [0.3, 0.4) is 0 Å². The molecule has 10 heteroatoms. The van der Waals surface area contributed by atoms with E-state index in [9.17, 15) is 32.4 Å². The highest BCUT2D eigenvalue weighted by Crippen LogP contribution is 2.43. The maximum Gasteiger partial charge on any atom is 0.416 e. The third-order valence-electron chi connectivity index (χ3n) is 7.74. The van der Waals surface area contributed by atoms with Crippen molar-refractivity contribution in [3.8, 4) is 6.07 Å². The fourth-order valence-corrected chi connectivity index (χ4v) is 5.56. The summed E-state index contributed by atoms with van der Waals surface area (Å²) in [6.07, 6.45) is -5.03. The van der Waals surface area contributed by atoms with Gasteiger partial charge in [-0.3, -0.25) is 9.59 Å². The van der Waals surface area contributed by atoms with Crippen molar-refractivity contribution in [2.24, 2.45) is 11.3 Å². The van der Waals surface area contributed by atoms with Crippen LogP contribution in [-0.2, 0) is 15.8 Å². The van der Waals surface area contributed by atoms with Crippen molar-refractivity contribution in [1.29, 1.82) is 5.26 Å². The molecule has 2 amide bonds. The summed E-state index contributed by atoms with van der Waals surface area (Å²) in [4.78, 5) is 31.2. The molecule has 2 saturated heterocycles. The van der Waals surface area contributed by atoms with Gasteiger partial charge in [-0.05, 0) is 56.0 Å². The Labute approximate surface area is 219 Å². The normalized spacial score (nSPS) is 22.9. The van der Waals surface area contributed by atoms with Gasteiger partial charge in [0.15, 0.2) is 0 Å². The maximum atomic E-state index is 14.0. The Morgan fingerprint density at radius 3 is 2.37 bits per heavy atom. The highest BCUT2D eigenvalue weighted by Gasteiger charge is 2.56. The molecule has 4 rings (SSSR count). The fraction of sp³-hybridized carbons (Fsp3) is 0.464. The number of likely N-dealkylation sites (tertiary alicyclic amines) is 1. The zero-order valence-electron chi connectivity index (χ0n) is 21.5. The molecule has 0 aliphatic carbocycles. The molecule has 0 aromatic heterocycles. The number of para-hydroxylation sites is 1. The molecule has 0 bridgehead atoms. The van der Waals surface area contributed by atoms with Gasteiger partial charge in [0.05, 0.1) is 28.5 Å². The van der Waals surface area contributed by atoms with Gasteiger partial charge in [-0.25, -0.2) is 4.39 Å². The number of piperidine rings is 1. The van der Waals surface area contributed by atoms with E-state index in [4.69, 9.17) is 0 Å². The number of hydrogen-bond donors (Lipinski definition) is 1. The molecule has 2 aromatic carbocycles. The van der Waals surface area contributed by atoms with Crippen molar-refractivity contribution in [3.05, 3.63) is 58.7 Å². The average Bonchev–Trinajstić information content (AvgIpc) is 3.10. The molecule has 38 heavy (non-hydrogen) atoms. The van der Waals surface area contributed by atoms with Crippen LogP contribution in [0.25, 0.3) is 0 Å². The summed E-state index contributed by atoms with van der Waals surface area (Å²) in [5.74, 6) is -1.68. The number of anilines is 2. The van der Waals surface area contributed by atoms with Gasteiger partial charge in [0.25, 0.3) is 0 Å². The van der Waals surface area contributed by atoms with Crippen LogP contribution in [0.1, 0.15) is 42.0 Å². The number of hydrogen-bond acceptors (Lipinski definition) is 4. The smallest absolute Gasteiger partial charge is 0.325 e. The number of amides is 2. The van der Waals surface area contributed by atoms with Crippen LogP contribution in [0.2, 0.25) is 0 Å². The monoisotopic (exact) mass is 530 g/mol. The Morgan fingerprint density at radius 1 is 1.16 bits per heavy atom. The van der Waals surface area contributed by atoms with E-state index in [2.05, 4.69) is 5.32 Å². The first-order chi connectivity index (χ1) is 17.9. The van der Waals surface area contributed by atoms with Gasteiger partial charge < -0.3 is 15.1 Å². The predicted octanol–water partition coefficient (Wildman–Crippen LogP) is 5.24. The van der Waals surface area contributed by atoms with Crippen molar-refractivity contribution in [2.75, 3.05) is 36.4 Å². The minimum atomic E-state index is -4.71. The third-order valence-corrected chi connectivity index (χ3v) is 7.74. The first-order valence-electron chi connectivity index (χ1n) is 12.5. The molecule has 6 nitrogen and oxygen atoms in total. The largest absolute Gasteiger partial charge is 0.416 e. The lowest BCUT2D eigenvalue weighted by molar-refractivity contribution is -0.137. The molecular formula is C28H30F4N4O2. The van der Waals surface area contributed by atoms with E-state index in [-0.39, 0.29) is 30.2 Å². The number of carbonyl (C=O) groups is 2. The van der Waals surface area contributed by atoms with Crippen LogP contribution in [0.15, 0.2) is 36.4 Å². The van der Waals surface area contributed by atoms with Gasteiger partial charge in [0, 0.05) is 37.6 Å². The van der Waals surface area contributed by atoms with Crippen LogP contribution >= 0.6 is 0 Å². The number of rotatable bonds is 5. The number of aryl methyl sites for hydroxylation is 2. The number of nitrogens with zero attached hydrogens (tertiary/aromatic N) is 3. The van der Waals surface area contributed by atoms with Crippen LogP contribution in [0.4, 0.5) is 28.9 Å². The molecule has 2 atom stereocenters. The zero-order chi connectivity index (χ0) is 27.8. The molecule has 1 N–H and O–H groups in total. The van der Waals surface area contributed by atoms with Crippen LogP contribution < -0.4 is 10.2 Å². The van der Waals surface area contributed by atoms with E-state index in [1.807, 2.05) is 36.9 Å². The maximum absolute atomic E-state index is 14.0. The first kappa shape index (κ1) is 27.6. The molecule has 0 radical (unpaired) electrons. The van der Waals surface area contributed by atoms with Gasteiger partial charge in [-0.2, -0.15) is 18.4 Å². The summed E-state index contributed by atoms with van der Waals surface area (Å²) in [6.45, 7) is 6.38. The number of halogens is 4. The van der Waals surface area contributed by atoms with Crippen LogP contribution in [-0.4, -0.2) is 49.1 Å². The zero-order valence-corrected chi connectivity index (χ0v) is 21.5. The van der Waals surface area contributed by atoms with Crippen LogP contribution in [0, 0.1) is 36.5 Å². The van der Waals surface area contributed by atoms with Gasteiger partial charge in [0.1, 0.15) is 6.17 Å². The number of carbonyl (C=O) groups excluding carboxylic acids is 2. The number of nitrogens with one attached hydrogen (secondary N) is 1.